The average Bonchev–Trinajstić information content (AvgIpc) is 2.50. The van der Waals surface area contributed by atoms with Gasteiger partial charge in [0.1, 0.15) is 11.6 Å². The van der Waals surface area contributed by atoms with Gasteiger partial charge >= 0.3 is 0 Å². The molecular formula is C16H11ClFN3O2. The SMILES string of the molecule is Cc1ccc2c(Nc3cc(Cl)ccc3F)nccc2c1[N+](=O)[O-]. The zero-order valence-corrected chi connectivity index (χ0v) is 12.8. The van der Waals surface area contributed by atoms with Crippen molar-refractivity contribution in [1.82, 2.24) is 4.98 Å². The third kappa shape index (κ3) is 2.80. The first-order valence-corrected chi connectivity index (χ1v) is 7.10. The molecule has 7 heteroatoms. The average molecular weight is 332 g/mol. The molecule has 0 radical (unpaired) electrons. The first-order valence-electron chi connectivity index (χ1n) is 6.72. The lowest BCUT2D eigenvalue weighted by molar-refractivity contribution is -0.383. The molecule has 1 aromatic heterocycles. The van der Waals surface area contributed by atoms with Crippen molar-refractivity contribution < 1.29 is 9.31 Å². The van der Waals surface area contributed by atoms with Gasteiger partial charge in [0.2, 0.25) is 0 Å². The Morgan fingerprint density at radius 1 is 1.22 bits per heavy atom. The topological polar surface area (TPSA) is 68.1 Å². The molecule has 1 heterocycles. The molecule has 0 spiro atoms. The molecular weight excluding hydrogens is 321 g/mol. The van der Waals surface area contributed by atoms with Crippen molar-refractivity contribution in [2.45, 2.75) is 6.92 Å². The number of halogens is 2. The summed E-state index contributed by atoms with van der Waals surface area (Å²) in [5.74, 6) is -0.165. The molecule has 3 rings (SSSR count). The number of benzene rings is 2. The fraction of sp³-hybridized carbons (Fsp3) is 0.0625. The fourth-order valence-corrected chi connectivity index (χ4v) is 2.58. The van der Waals surface area contributed by atoms with E-state index in [1.807, 2.05) is 0 Å². The van der Waals surface area contributed by atoms with E-state index in [0.29, 0.717) is 27.2 Å². The van der Waals surface area contributed by atoms with E-state index in [-0.39, 0.29) is 11.4 Å². The fourth-order valence-electron chi connectivity index (χ4n) is 2.41. The van der Waals surface area contributed by atoms with E-state index in [1.165, 1.54) is 24.4 Å². The number of rotatable bonds is 3. The molecule has 3 aromatic rings. The number of nitrogens with one attached hydrogen (secondary N) is 1. The van der Waals surface area contributed by atoms with E-state index >= 15 is 0 Å². The van der Waals surface area contributed by atoms with Crippen LogP contribution in [0.4, 0.5) is 21.6 Å². The second-order valence-corrected chi connectivity index (χ2v) is 5.43. The predicted molar refractivity (Wildman–Crippen MR) is 87.8 cm³/mol. The maximum Gasteiger partial charge on any atom is 0.280 e. The third-order valence-electron chi connectivity index (χ3n) is 3.48. The van der Waals surface area contributed by atoms with Crippen LogP contribution in [0.15, 0.2) is 42.6 Å². The Labute approximate surface area is 135 Å². The van der Waals surface area contributed by atoms with Crippen molar-refractivity contribution in [1.29, 1.82) is 0 Å². The van der Waals surface area contributed by atoms with Crippen LogP contribution in [0.5, 0.6) is 0 Å². The summed E-state index contributed by atoms with van der Waals surface area (Å²) in [5, 5.41) is 15.5. The Morgan fingerprint density at radius 3 is 2.74 bits per heavy atom. The number of aryl methyl sites for hydroxylation is 1. The van der Waals surface area contributed by atoms with Gasteiger partial charge in [-0.25, -0.2) is 9.37 Å². The van der Waals surface area contributed by atoms with E-state index in [0.717, 1.165) is 0 Å². The lowest BCUT2D eigenvalue weighted by Gasteiger charge is -2.11. The molecule has 23 heavy (non-hydrogen) atoms. The highest BCUT2D eigenvalue weighted by Crippen LogP contribution is 2.33. The molecule has 0 fully saturated rings. The minimum Gasteiger partial charge on any atom is -0.337 e. The summed E-state index contributed by atoms with van der Waals surface area (Å²) in [6, 6.07) is 9.03. The molecule has 1 N–H and O–H groups in total. The van der Waals surface area contributed by atoms with Crippen molar-refractivity contribution in [2.75, 3.05) is 5.32 Å². The highest BCUT2D eigenvalue weighted by atomic mass is 35.5. The number of hydrogen-bond donors (Lipinski definition) is 1. The zero-order valence-electron chi connectivity index (χ0n) is 12.0. The normalized spacial score (nSPS) is 10.7. The lowest BCUT2D eigenvalue weighted by atomic mass is 10.1. The van der Waals surface area contributed by atoms with Crippen molar-refractivity contribution in [3.63, 3.8) is 0 Å². The molecule has 0 saturated heterocycles. The number of pyridine rings is 1. The van der Waals surface area contributed by atoms with Crippen molar-refractivity contribution in [3.8, 4) is 0 Å². The molecule has 0 amide bonds. The number of nitro benzene ring substituents is 1. The van der Waals surface area contributed by atoms with E-state index in [4.69, 9.17) is 11.6 Å². The van der Waals surface area contributed by atoms with Crippen LogP contribution in [0.1, 0.15) is 5.56 Å². The summed E-state index contributed by atoms with van der Waals surface area (Å²) in [6.45, 7) is 1.67. The van der Waals surface area contributed by atoms with Crippen LogP contribution in [0.2, 0.25) is 5.02 Å². The first kappa shape index (κ1) is 15.2. The van der Waals surface area contributed by atoms with Crippen LogP contribution >= 0.6 is 11.6 Å². The van der Waals surface area contributed by atoms with Gasteiger partial charge in [-0.05, 0) is 37.3 Å². The van der Waals surface area contributed by atoms with Crippen LogP contribution in [0.25, 0.3) is 10.8 Å². The molecule has 0 unspecified atom stereocenters. The van der Waals surface area contributed by atoms with E-state index in [9.17, 15) is 14.5 Å². The number of nitrogens with zero attached hydrogens (tertiary/aromatic N) is 2. The monoisotopic (exact) mass is 331 g/mol. The Hall–Kier alpha value is -2.73. The third-order valence-corrected chi connectivity index (χ3v) is 3.72. The predicted octanol–water partition coefficient (Wildman–Crippen LogP) is 4.99. The number of nitro groups is 1. The van der Waals surface area contributed by atoms with Gasteiger partial charge in [0.25, 0.3) is 5.69 Å². The summed E-state index contributed by atoms with van der Waals surface area (Å²) in [5.41, 5.74) is 0.717. The van der Waals surface area contributed by atoms with Gasteiger partial charge in [0.05, 0.1) is 16.0 Å². The van der Waals surface area contributed by atoms with Crippen LogP contribution in [0, 0.1) is 22.9 Å². The number of anilines is 2. The van der Waals surface area contributed by atoms with Crippen LogP contribution in [0.3, 0.4) is 0 Å². The van der Waals surface area contributed by atoms with Gasteiger partial charge in [-0.15, -0.1) is 0 Å². The van der Waals surface area contributed by atoms with E-state index < -0.39 is 10.7 Å². The maximum absolute atomic E-state index is 13.9. The minimum absolute atomic E-state index is 0.0134. The summed E-state index contributed by atoms with van der Waals surface area (Å²) >= 11 is 5.87. The second kappa shape index (κ2) is 5.81. The van der Waals surface area contributed by atoms with Gasteiger partial charge in [0, 0.05) is 22.2 Å². The first-order chi connectivity index (χ1) is 11.0. The standard InChI is InChI=1S/C16H11ClFN3O2/c1-9-2-4-12-11(15(9)21(22)23)6-7-19-16(12)20-14-8-10(17)3-5-13(14)18/h2-8H,1H3,(H,19,20). The van der Waals surface area contributed by atoms with E-state index in [2.05, 4.69) is 10.3 Å². The molecule has 0 bridgehead atoms. The Bertz CT molecular complexity index is 931. The molecule has 0 atom stereocenters. The zero-order chi connectivity index (χ0) is 16.6. The molecule has 5 nitrogen and oxygen atoms in total. The molecule has 2 aromatic carbocycles. The summed E-state index contributed by atoms with van der Waals surface area (Å²) in [7, 11) is 0. The van der Waals surface area contributed by atoms with Gasteiger partial charge < -0.3 is 5.32 Å². The molecule has 0 aliphatic heterocycles. The maximum atomic E-state index is 13.9. The molecule has 0 aliphatic rings. The second-order valence-electron chi connectivity index (χ2n) is 4.99. The Morgan fingerprint density at radius 2 is 2.00 bits per heavy atom. The van der Waals surface area contributed by atoms with Crippen molar-refractivity contribution in [3.05, 3.63) is 69.1 Å². The number of aromatic nitrogens is 1. The van der Waals surface area contributed by atoms with Gasteiger partial charge in [-0.3, -0.25) is 10.1 Å². The Balaban J connectivity index is 2.17. The highest BCUT2D eigenvalue weighted by Gasteiger charge is 2.18. The minimum atomic E-state index is -0.491. The molecule has 0 saturated carbocycles. The van der Waals surface area contributed by atoms with Gasteiger partial charge in [-0.1, -0.05) is 17.7 Å². The molecule has 0 aliphatic carbocycles. The largest absolute Gasteiger partial charge is 0.337 e. The quantitative estimate of drug-likeness (QED) is 0.542. The lowest BCUT2D eigenvalue weighted by Crippen LogP contribution is -1.99. The number of fused-ring (bicyclic) bond motifs is 1. The highest BCUT2D eigenvalue weighted by molar-refractivity contribution is 6.30. The van der Waals surface area contributed by atoms with Crippen LogP contribution in [-0.2, 0) is 0 Å². The van der Waals surface area contributed by atoms with E-state index in [1.54, 1.807) is 25.1 Å². The molecule has 116 valence electrons. The summed E-state index contributed by atoms with van der Waals surface area (Å²) < 4.78 is 13.9. The Kier molecular flexibility index (Phi) is 3.83. The smallest absolute Gasteiger partial charge is 0.280 e. The van der Waals surface area contributed by atoms with Gasteiger partial charge in [-0.2, -0.15) is 0 Å². The van der Waals surface area contributed by atoms with Crippen LogP contribution in [-0.4, -0.2) is 9.91 Å². The summed E-state index contributed by atoms with van der Waals surface area (Å²) in [4.78, 5) is 15.0. The number of hydrogen-bond acceptors (Lipinski definition) is 4. The van der Waals surface area contributed by atoms with Crippen LogP contribution < -0.4 is 5.32 Å². The van der Waals surface area contributed by atoms with Gasteiger partial charge in [0.15, 0.2) is 0 Å². The summed E-state index contributed by atoms with van der Waals surface area (Å²) in [6.07, 6.45) is 1.44. The van der Waals surface area contributed by atoms with Crippen molar-refractivity contribution >= 4 is 39.6 Å². The van der Waals surface area contributed by atoms with Crippen molar-refractivity contribution in [2.24, 2.45) is 0 Å².